The van der Waals surface area contributed by atoms with Crippen molar-refractivity contribution in [1.82, 2.24) is 14.9 Å². The van der Waals surface area contributed by atoms with Gasteiger partial charge in [-0.1, -0.05) is 96.0 Å². The first-order valence-corrected chi connectivity index (χ1v) is 17.5. The van der Waals surface area contributed by atoms with Crippen molar-refractivity contribution >= 4 is 46.4 Å². The number of aromatic nitrogens is 2. The molecule has 0 bridgehead atoms. The van der Waals surface area contributed by atoms with Gasteiger partial charge in [-0.25, -0.2) is 4.98 Å². The molecule has 10 nitrogen and oxygen atoms in total. The van der Waals surface area contributed by atoms with Crippen LogP contribution in [0, 0.1) is 0 Å². The molecule has 6 rings (SSSR count). The molecule has 264 valence electrons. The van der Waals surface area contributed by atoms with E-state index < -0.39 is 6.29 Å². The number of nitrogen functional groups attached to an aromatic ring is 1. The number of benzene rings is 4. The van der Waals surface area contributed by atoms with E-state index in [4.69, 9.17) is 38.4 Å². The van der Waals surface area contributed by atoms with Crippen LogP contribution in [0.1, 0.15) is 60.3 Å². The topological polar surface area (TPSA) is 141 Å². The van der Waals surface area contributed by atoms with Gasteiger partial charge in [0.1, 0.15) is 5.15 Å². The molecule has 2 amide bonds. The number of nitrogens with one attached hydrogen (secondary N) is 2. The van der Waals surface area contributed by atoms with Crippen LogP contribution in [0.2, 0.25) is 10.3 Å². The number of halogens is 2. The summed E-state index contributed by atoms with van der Waals surface area (Å²) in [4.78, 5) is 29.0. The van der Waals surface area contributed by atoms with Gasteiger partial charge in [0, 0.05) is 31.4 Å². The lowest BCUT2D eigenvalue weighted by atomic mass is 9.98. The third kappa shape index (κ3) is 9.55. The molecule has 0 spiro atoms. The SMILES string of the molecule is Nc1ccccc1NC(=O)CCCC(=O)NCc1cccc(-c2cccc([C@@H]3O[C@H](Cn4cnc(Cl)c4Cl)C[C@H](c4ccc(CO)cc4)O3)c2)c1. The molecule has 1 saturated heterocycles. The minimum absolute atomic E-state index is 0.0351. The highest BCUT2D eigenvalue weighted by atomic mass is 35.5. The number of rotatable bonds is 13. The van der Waals surface area contributed by atoms with Crippen LogP contribution in [0.3, 0.4) is 0 Å². The average molecular weight is 729 g/mol. The van der Waals surface area contributed by atoms with Crippen molar-refractivity contribution in [1.29, 1.82) is 0 Å². The number of nitrogens with two attached hydrogens (primary N) is 1. The molecule has 1 aliphatic rings. The van der Waals surface area contributed by atoms with Crippen LogP contribution in [0.5, 0.6) is 0 Å². The molecule has 0 aliphatic carbocycles. The number of carbonyl (C=O) groups is 2. The lowest BCUT2D eigenvalue weighted by Gasteiger charge is -2.36. The van der Waals surface area contributed by atoms with E-state index in [2.05, 4.69) is 15.6 Å². The molecule has 1 aromatic heterocycles. The molecule has 2 heterocycles. The minimum atomic E-state index is -0.668. The summed E-state index contributed by atoms with van der Waals surface area (Å²) >= 11 is 12.5. The largest absolute Gasteiger partial charge is 0.397 e. The third-order valence-corrected chi connectivity index (χ3v) is 9.47. The molecule has 5 aromatic rings. The number of nitrogens with zero attached hydrogens (tertiary/aromatic N) is 2. The molecule has 5 N–H and O–H groups in total. The van der Waals surface area contributed by atoms with E-state index in [-0.39, 0.29) is 48.6 Å². The third-order valence-electron chi connectivity index (χ3n) is 8.70. The van der Waals surface area contributed by atoms with Gasteiger partial charge >= 0.3 is 0 Å². The normalized spacial score (nSPS) is 17.2. The van der Waals surface area contributed by atoms with Crippen LogP contribution in [-0.4, -0.2) is 32.6 Å². The molecule has 1 fully saturated rings. The summed E-state index contributed by atoms with van der Waals surface area (Å²) in [7, 11) is 0. The van der Waals surface area contributed by atoms with Crippen LogP contribution in [0.25, 0.3) is 11.1 Å². The van der Waals surface area contributed by atoms with Gasteiger partial charge in [-0.3, -0.25) is 9.59 Å². The molecule has 4 aromatic carbocycles. The summed E-state index contributed by atoms with van der Waals surface area (Å²) in [6.07, 6.45) is 1.83. The number of anilines is 2. The van der Waals surface area contributed by atoms with E-state index in [1.54, 1.807) is 35.2 Å². The predicted octanol–water partition coefficient (Wildman–Crippen LogP) is 7.60. The standard InChI is InChI=1S/C39H39Cl2N5O5/c40-37-38(41)46(24-44-37)22-31-20-34(27-16-14-25(23-47)15-17-27)51-39(50-31)30-9-4-8-29(19-30)28-7-3-6-26(18-28)21-43-35(48)12-5-13-36(49)45-33-11-2-1-10-32(33)42/h1-4,6-11,14-19,24,31,34,39,47H,5,12-13,20-23,42H2,(H,43,48)(H,45,49)/t31-,34+,39+/m0/s1. The summed E-state index contributed by atoms with van der Waals surface area (Å²) < 4.78 is 14.8. The molecule has 0 radical (unpaired) electrons. The van der Waals surface area contributed by atoms with Crippen molar-refractivity contribution in [3.63, 3.8) is 0 Å². The van der Waals surface area contributed by atoms with E-state index in [0.717, 1.165) is 33.4 Å². The zero-order valence-electron chi connectivity index (χ0n) is 27.8. The molecule has 3 atom stereocenters. The summed E-state index contributed by atoms with van der Waals surface area (Å²) in [5.41, 5.74) is 12.5. The van der Waals surface area contributed by atoms with Crippen LogP contribution in [0.15, 0.2) is 103 Å². The first kappa shape index (κ1) is 36.1. The van der Waals surface area contributed by atoms with Crippen LogP contribution in [0.4, 0.5) is 11.4 Å². The van der Waals surface area contributed by atoms with Crippen molar-refractivity contribution in [2.45, 2.75) is 63.9 Å². The molecule has 51 heavy (non-hydrogen) atoms. The molecule has 1 aliphatic heterocycles. The number of amides is 2. The zero-order chi connectivity index (χ0) is 35.7. The van der Waals surface area contributed by atoms with Crippen molar-refractivity contribution in [2.75, 3.05) is 11.1 Å². The summed E-state index contributed by atoms with van der Waals surface area (Å²) in [6.45, 7) is 0.757. The number of aliphatic hydroxyl groups excluding tert-OH is 1. The van der Waals surface area contributed by atoms with Gasteiger partial charge in [0.2, 0.25) is 11.8 Å². The fourth-order valence-electron chi connectivity index (χ4n) is 5.97. The second-order valence-electron chi connectivity index (χ2n) is 12.4. The van der Waals surface area contributed by atoms with E-state index >= 15 is 0 Å². The minimum Gasteiger partial charge on any atom is -0.397 e. The molecular formula is C39H39Cl2N5O5. The zero-order valence-corrected chi connectivity index (χ0v) is 29.3. The van der Waals surface area contributed by atoms with Gasteiger partial charge < -0.3 is 35.5 Å². The number of aliphatic hydroxyl groups is 1. The van der Waals surface area contributed by atoms with Crippen molar-refractivity contribution in [3.05, 3.63) is 136 Å². The average Bonchev–Trinajstić information content (AvgIpc) is 3.47. The number of imidazole rings is 1. The Morgan fingerprint density at radius 2 is 1.61 bits per heavy atom. The Morgan fingerprint density at radius 3 is 2.35 bits per heavy atom. The molecule has 12 heteroatoms. The van der Waals surface area contributed by atoms with Gasteiger partial charge in [-0.05, 0) is 58.5 Å². The maximum Gasteiger partial charge on any atom is 0.224 e. The van der Waals surface area contributed by atoms with Gasteiger partial charge in [-0.15, -0.1) is 0 Å². The first-order valence-electron chi connectivity index (χ1n) is 16.7. The summed E-state index contributed by atoms with van der Waals surface area (Å²) in [5.74, 6) is -0.315. The summed E-state index contributed by atoms with van der Waals surface area (Å²) in [6, 6.07) is 30.8. The molecular weight excluding hydrogens is 689 g/mol. The van der Waals surface area contributed by atoms with E-state index in [1.807, 2.05) is 72.8 Å². The fourth-order valence-corrected chi connectivity index (χ4v) is 6.28. The van der Waals surface area contributed by atoms with Crippen molar-refractivity contribution < 1.29 is 24.2 Å². The highest BCUT2D eigenvalue weighted by Crippen LogP contribution is 2.39. The highest BCUT2D eigenvalue weighted by Gasteiger charge is 2.33. The highest BCUT2D eigenvalue weighted by molar-refractivity contribution is 6.40. The Hall–Kier alpha value is -4.71. The number of hydrogen-bond acceptors (Lipinski definition) is 7. The van der Waals surface area contributed by atoms with E-state index in [9.17, 15) is 14.7 Å². The number of para-hydroxylation sites is 2. The lowest BCUT2D eigenvalue weighted by molar-refractivity contribution is -0.252. The van der Waals surface area contributed by atoms with Crippen LogP contribution >= 0.6 is 23.2 Å². The van der Waals surface area contributed by atoms with Gasteiger partial charge in [0.05, 0.1) is 43.1 Å². The quantitative estimate of drug-likeness (QED) is 0.0916. The Balaban J connectivity index is 1.09. The van der Waals surface area contributed by atoms with Gasteiger partial charge in [0.15, 0.2) is 11.4 Å². The van der Waals surface area contributed by atoms with Crippen molar-refractivity contribution in [3.8, 4) is 11.1 Å². The number of hydrogen-bond donors (Lipinski definition) is 4. The van der Waals surface area contributed by atoms with E-state index in [0.29, 0.717) is 42.5 Å². The maximum atomic E-state index is 12.6. The fraction of sp³-hybridized carbons (Fsp3) is 0.256. The lowest BCUT2D eigenvalue weighted by Crippen LogP contribution is -2.32. The number of ether oxygens (including phenoxy) is 2. The van der Waals surface area contributed by atoms with Crippen LogP contribution < -0.4 is 16.4 Å². The molecule has 0 saturated carbocycles. The molecule has 0 unspecified atom stereocenters. The van der Waals surface area contributed by atoms with E-state index in [1.165, 1.54) is 0 Å². The number of carbonyl (C=O) groups excluding carboxylic acids is 2. The Kier molecular flexibility index (Phi) is 12.0. The Morgan fingerprint density at radius 1 is 0.863 bits per heavy atom. The Labute approximate surface area is 306 Å². The first-order chi connectivity index (χ1) is 24.7. The summed E-state index contributed by atoms with van der Waals surface area (Å²) in [5, 5.41) is 15.9. The van der Waals surface area contributed by atoms with Gasteiger partial charge in [-0.2, -0.15) is 0 Å². The van der Waals surface area contributed by atoms with Gasteiger partial charge in [0.25, 0.3) is 0 Å². The van der Waals surface area contributed by atoms with Crippen molar-refractivity contribution in [2.24, 2.45) is 0 Å². The monoisotopic (exact) mass is 727 g/mol. The maximum absolute atomic E-state index is 12.6. The predicted molar refractivity (Wildman–Crippen MR) is 198 cm³/mol. The Bertz CT molecular complexity index is 1970. The smallest absolute Gasteiger partial charge is 0.224 e. The second kappa shape index (κ2) is 17.0. The second-order valence-corrected chi connectivity index (χ2v) is 13.1. The van der Waals surface area contributed by atoms with Crippen LogP contribution in [-0.2, 0) is 38.8 Å².